The summed E-state index contributed by atoms with van der Waals surface area (Å²) in [5, 5.41) is 8.18. The van der Waals surface area contributed by atoms with Crippen molar-refractivity contribution in [2.45, 2.75) is 58.0 Å². The smallest absolute Gasteiger partial charge is 0.167 e. The Morgan fingerprint density at radius 3 is 2.65 bits per heavy atom. The minimum Gasteiger partial charge on any atom is -0.497 e. The number of benzene rings is 1. The third kappa shape index (κ3) is 3.66. The largest absolute Gasteiger partial charge is 0.497 e. The Balaban J connectivity index is 1.45. The SMILES string of the molecule is COc1cccc(-c2cc(CNC34CC(C)CC(CC(C)C3)C4)no2)c1. The van der Waals surface area contributed by atoms with E-state index in [9.17, 15) is 0 Å². The summed E-state index contributed by atoms with van der Waals surface area (Å²) >= 11 is 0. The van der Waals surface area contributed by atoms with Gasteiger partial charge in [0.25, 0.3) is 0 Å². The molecule has 26 heavy (non-hydrogen) atoms. The Hall–Kier alpha value is -1.81. The molecule has 2 aromatic rings. The van der Waals surface area contributed by atoms with Gasteiger partial charge in [-0.15, -0.1) is 0 Å². The molecule has 0 spiro atoms. The third-order valence-electron chi connectivity index (χ3n) is 6.19. The lowest BCUT2D eigenvalue weighted by Gasteiger charge is -2.50. The zero-order valence-electron chi connectivity index (χ0n) is 16.1. The van der Waals surface area contributed by atoms with Gasteiger partial charge in [0.05, 0.1) is 12.8 Å². The zero-order chi connectivity index (χ0) is 18.1. The topological polar surface area (TPSA) is 47.3 Å². The van der Waals surface area contributed by atoms with Gasteiger partial charge in [0.2, 0.25) is 0 Å². The molecule has 4 heteroatoms. The maximum absolute atomic E-state index is 5.59. The fourth-order valence-electron chi connectivity index (χ4n) is 5.51. The van der Waals surface area contributed by atoms with E-state index < -0.39 is 0 Å². The molecule has 2 bridgehead atoms. The molecular formula is C22H30N2O2. The van der Waals surface area contributed by atoms with Gasteiger partial charge >= 0.3 is 0 Å². The van der Waals surface area contributed by atoms with Gasteiger partial charge in [0, 0.05) is 23.7 Å². The van der Waals surface area contributed by atoms with Crippen LogP contribution in [0, 0.1) is 17.8 Å². The molecule has 2 unspecified atom stereocenters. The lowest BCUT2D eigenvalue weighted by atomic mass is 9.61. The Morgan fingerprint density at radius 1 is 1.15 bits per heavy atom. The lowest BCUT2D eigenvalue weighted by Crippen LogP contribution is -2.54. The van der Waals surface area contributed by atoms with Crippen molar-refractivity contribution in [2.75, 3.05) is 7.11 Å². The van der Waals surface area contributed by atoms with Crippen LogP contribution in [0.5, 0.6) is 5.75 Å². The summed E-state index contributed by atoms with van der Waals surface area (Å²) in [5.41, 5.74) is 2.26. The standard InChI is InChI=1S/C22H30N2O2/c1-15-7-17-8-16(2)12-22(11-15,13-17)23-14-19-10-21(26-24-19)18-5-4-6-20(9-18)25-3/h4-6,9-10,15-17,23H,7-8,11-14H2,1-3H3. The second-order valence-electron chi connectivity index (χ2n) is 8.71. The molecule has 2 aliphatic rings. The number of hydrogen-bond donors (Lipinski definition) is 1. The van der Waals surface area contributed by atoms with E-state index in [1.54, 1.807) is 7.11 Å². The molecule has 4 rings (SSSR count). The number of rotatable bonds is 5. The van der Waals surface area contributed by atoms with E-state index in [1.807, 2.05) is 24.3 Å². The van der Waals surface area contributed by atoms with E-state index in [2.05, 4.69) is 30.4 Å². The molecule has 2 saturated carbocycles. The predicted molar refractivity (Wildman–Crippen MR) is 103 cm³/mol. The normalized spacial score (nSPS) is 31.0. The van der Waals surface area contributed by atoms with Gasteiger partial charge < -0.3 is 14.6 Å². The number of ether oxygens (including phenoxy) is 1. The summed E-state index contributed by atoms with van der Waals surface area (Å²) in [5.74, 6) is 4.15. The molecule has 0 aliphatic heterocycles. The Labute approximate surface area is 156 Å². The van der Waals surface area contributed by atoms with Crippen LogP contribution in [0.4, 0.5) is 0 Å². The van der Waals surface area contributed by atoms with Crippen LogP contribution in [0.1, 0.15) is 51.6 Å². The van der Waals surface area contributed by atoms with Crippen LogP contribution in [-0.4, -0.2) is 17.8 Å². The van der Waals surface area contributed by atoms with Crippen molar-refractivity contribution in [2.24, 2.45) is 17.8 Å². The summed E-state index contributed by atoms with van der Waals surface area (Å²) in [7, 11) is 1.68. The molecule has 0 saturated heterocycles. The summed E-state index contributed by atoms with van der Waals surface area (Å²) in [6.07, 6.45) is 6.70. The summed E-state index contributed by atoms with van der Waals surface area (Å²) in [4.78, 5) is 0. The molecular weight excluding hydrogens is 324 g/mol. The highest BCUT2D eigenvalue weighted by Crippen LogP contribution is 2.47. The molecule has 2 aliphatic carbocycles. The van der Waals surface area contributed by atoms with Gasteiger partial charge in [-0.25, -0.2) is 0 Å². The summed E-state index contributed by atoms with van der Waals surface area (Å²) in [6, 6.07) is 9.96. The van der Waals surface area contributed by atoms with E-state index in [1.165, 1.54) is 32.1 Å². The van der Waals surface area contributed by atoms with Crippen LogP contribution in [-0.2, 0) is 6.54 Å². The van der Waals surface area contributed by atoms with E-state index in [0.29, 0.717) is 0 Å². The molecule has 1 heterocycles. The first-order valence-corrected chi connectivity index (χ1v) is 9.90. The van der Waals surface area contributed by atoms with Crippen molar-refractivity contribution in [1.29, 1.82) is 0 Å². The van der Waals surface area contributed by atoms with Gasteiger partial charge in [0.1, 0.15) is 5.75 Å². The average molecular weight is 354 g/mol. The quantitative estimate of drug-likeness (QED) is 0.817. The fraction of sp³-hybridized carbons (Fsp3) is 0.591. The maximum Gasteiger partial charge on any atom is 0.167 e. The molecule has 140 valence electrons. The highest BCUT2D eigenvalue weighted by atomic mass is 16.5. The summed E-state index contributed by atoms with van der Waals surface area (Å²) < 4.78 is 10.9. The van der Waals surface area contributed by atoms with Gasteiger partial charge in [0.15, 0.2) is 5.76 Å². The van der Waals surface area contributed by atoms with Crippen LogP contribution in [0.2, 0.25) is 0 Å². The van der Waals surface area contributed by atoms with Crippen LogP contribution in [0.3, 0.4) is 0 Å². The van der Waals surface area contributed by atoms with Gasteiger partial charge in [-0.2, -0.15) is 0 Å². The van der Waals surface area contributed by atoms with E-state index in [0.717, 1.165) is 47.1 Å². The predicted octanol–water partition coefficient (Wildman–Crippen LogP) is 5.04. The molecule has 2 atom stereocenters. The van der Waals surface area contributed by atoms with E-state index in [4.69, 9.17) is 9.26 Å². The molecule has 1 aromatic carbocycles. The van der Waals surface area contributed by atoms with Gasteiger partial charge in [-0.05, 0) is 62.0 Å². The van der Waals surface area contributed by atoms with Gasteiger partial charge in [-0.1, -0.05) is 31.1 Å². The monoisotopic (exact) mass is 354 g/mol. The first-order valence-electron chi connectivity index (χ1n) is 9.90. The van der Waals surface area contributed by atoms with Crippen molar-refractivity contribution in [1.82, 2.24) is 10.5 Å². The van der Waals surface area contributed by atoms with Crippen LogP contribution < -0.4 is 10.1 Å². The molecule has 2 fully saturated rings. The molecule has 0 amide bonds. The van der Waals surface area contributed by atoms with Crippen LogP contribution in [0.15, 0.2) is 34.9 Å². The number of aromatic nitrogens is 1. The molecule has 4 nitrogen and oxygen atoms in total. The number of nitrogens with one attached hydrogen (secondary N) is 1. The second kappa shape index (κ2) is 7.07. The van der Waals surface area contributed by atoms with Crippen LogP contribution >= 0.6 is 0 Å². The molecule has 1 aromatic heterocycles. The minimum atomic E-state index is 0.287. The fourth-order valence-corrected chi connectivity index (χ4v) is 5.51. The minimum absolute atomic E-state index is 0.287. The number of nitrogens with zero attached hydrogens (tertiary/aromatic N) is 1. The Kier molecular flexibility index (Phi) is 4.78. The van der Waals surface area contributed by atoms with Gasteiger partial charge in [-0.3, -0.25) is 0 Å². The van der Waals surface area contributed by atoms with E-state index in [-0.39, 0.29) is 5.54 Å². The summed E-state index contributed by atoms with van der Waals surface area (Å²) in [6.45, 7) is 5.60. The van der Waals surface area contributed by atoms with Crippen molar-refractivity contribution in [3.63, 3.8) is 0 Å². The Bertz CT molecular complexity index is 735. The lowest BCUT2D eigenvalue weighted by molar-refractivity contribution is 0.0538. The highest BCUT2D eigenvalue weighted by molar-refractivity contribution is 5.59. The van der Waals surface area contributed by atoms with Crippen molar-refractivity contribution < 1.29 is 9.26 Å². The maximum atomic E-state index is 5.59. The first-order chi connectivity index (χ1) is 12.5. The molecule has 0 radical (unpaired) electrons. The van der Waals surface area contributed by atoms with Crippen molar-refractivity contribution >= 4 is 0 Å². The zero-order valence-corrected chi connectivity index (χ0v) is 16.1. The first kappa shape index (κ1) is 17.6. The van der Waals surface area contributed by atoms with Crippen molar-refractivity contribution in [3.8, 4) is 17.1 Å². The third-order valence-corrected chi connectivity index (χ3v) is 6.19. The van der Waals surface area contributed by atoms with E-state index >= 15 is 0 Å². The number of fused-ring (bicyclic) bond motifs is 2. The van der Waals surface area contributed by atoms with Crippen molar-refractivity contribution in [3.05, 3.63) is 36.0 Å². The number of hydrogen-bond acceptors (Lipinski definition) is 4. The second-order valence-corrected chi connectivity index (χ2v) is 8.71. The Morgan fingerprint density at radius 2 is 1.92 bits per heavy atom. The highest BCUT2D eigenvalue weighted by Gasteiger charge is 2.43. The van der Waals surface area contributed by atoms with Crippen LogP contribution in [0.25, 0.3) is 11.3 Å². The average Bonchev–Trinajstić information content (AvgIpc) is 3.08. The number of methoxy groups -OCH3 is 1. The molecule has 1 N–H and O–H groups in total.